The molecule has 72 valence electrons. The number of nitrogens with two attached hydrogens (primary N) is 1. The minimum atomic E-state index is -0.810. The molecule has 1 aromatic carbocycles. The van der Waals surface area contributed by atoms with Crippen LogP contribution in [0.3, 0.4) is 0 Å². The van der Waals surface area contributed by atoms with Crippen molar-refractivity contribution >= 4 is 5.91 Å². The summed E-state index contributed by atoms with van der Waals surface area (Å²) in [6.07, 6.45) is 0. The Morgan fingerprint density at radius 3 is 2.86 bits per heavy atom. The Labute approximate surface area is 80.7 Å². The monoisotopic (exact) mass is 193 g/mol. The summed E-state index contributed by atoms with van der Waals surface area (Å²) < 4.78 is 18.0. The van der Waals surface area contributed by atoms with Crippen molar-refractivity contribution in [3.05, 3.63) is 29.6 Å². The summed E-state index contributed by atoms with van der Waals surface area (Å²) in [5.74, 6) is 3.28. The van der Waals surface area contributed by atoms with Gasteiger partial charge in [-0.25, -0.2) is 4.39 Å². The molecule has 1 amide bonds. The molecule has 1 rings (SSSR count). The molecule has 0 atom stereocenters. The number of ether oxygens (including phenoxy) is 1. The van der Waals surface area contributed by atoms with Crippen LogP contribution in [0.4, 0.5) is 4.39 Å². The number of carbonyl (C=O) groups is 1. The van der Waals surface area contributed by atoms with Gasteiger partial charge in [-0.05, 0) is 18.1 Å². The second kappa shape index (κ2) is 4.28. The number of amides is 1. The largest absolute Gasteiger partial charge is 0.495 e. The van der Waals surface area contributed by atoms with Crippen LogP contribution in [0.5, 0.6) is 5.75 Å². The maximum absolute atomic E-state index is 13.2. The van der Waals surface area contributed by atoms with E-state index >= 15 is 0 Å². The van der Waals surface area contributed by atoms with Crippen molar-refractivity contribution in [2.75, 3.05) is 7.11 Å². The lowest BCUT2D eigenvalue weighted by atomic mass is 10.2. The molecule has 0 aliphatic rings. The lowest BCUT2D eigenvalue weighted by Gasteiger charge is -2.02. The molecule has 14 heavy (non-hydrogen) atoms. The van der Waals surface area contributed by atoms with Crippen LogP contribution in [0.25, 0.3) is 0 Å². The Kier molecular flexibility index (Phi) is 3.08. The highest BCUT2D eigenvalue weighted by atomic mass is 19.1. The molecule has 0 bridgehead atoms. The zero-order valence-electron chi connectivity index (χ0n) is 7.50. The van der Waals surface area contributed by atoms with E-state index in [9.17, 15) is 9.18 Å². The minimum Gasteiger partial charge on any atom is -0.495 e. The first-order chi connectivity index (χ1) is 6.65. The second-order valence-electron chi connectivity index (χ2n) is 2.43. The van der Waals surface area contributed by atoms with E-state index in [-0.39, 0.29) is 11.3 Å². The van der Waals surface area contributed by atoms with Gasteiger partial charge in [0.15, 0.2) is 0 Å². The fourth-order valence-electron chi connectivity index (χ4n) is 0.920. The van der Waals surface area contributed by atoms with E-state index in [2.05, 4.69) is 5.92 Å². The van der Waals surface area contributed by atoms with Crippen LogP contribution in [0.1, 0.15) is 5.56 Å². The van der Waals surface area contributed by atoms with Gasteiger partial charge in [-0.2, -0.15) is 0 Å². The number of halogens is 1. The molecule has 2 N–H and O–H groups in total. The molecule has 0 spiro atoms. The molecule has 4 heteroatoms. The number of hydrogen-bond acceptors (Lipinski definition) is 2. The average molecular weight is 193 g/mol. The maximum Gasteiger partial charge on any atom is 0.293 e. The fourth-order valence-corrected chi connectivity index (χ4v) is 0.920. The number of rotatable bonds is 1. The Morgan fingerprint density at radius 2 is 2.29 bits per heavy atom. The summed E-state index contributed by atoms with van der Waals surface area (Å²) in [6.45, 7) is 0. The Balaban J connectivity index is 3.19. The number of hydrogen-bond donors (Lipinski definition) is 1. The first kappa shape index (κ1) is 10.1. The normalized spacial score (nSPS) is 8.71. The van der Waals surface area contributed by atoms with E-state index in [0.29, 0.717) is 0 Å². The Bertz CT molecular complexity index is 418. The van der Waals surface area contributed by atoms with Gasteiger partial charge in [-0.1, -0.05) is 6.07 Å². The summed E-state index contributed by atoms with van der Waals surface area (Å²) in [6, 6.07) is 4.27. The van der Waals surface area contributed by atoms with Gasteiger partial charge in [0, 0.05) is 5.92 Å². The highest BCUT2D eigenvalue weighted by molar-refractivity contribution is 5.92. The molecule has 0 saturated heterocycles. The molecule has 0 aliphatic heterocycles. The first-order valence-electron chi connectivity index (χ1n) is 3.79. The standard InChI is InChI=1S/C10H8FNO2/c1-14-9-4-2-3-8(11)7(9)5-6-10(12)13/h2-4H,1H3,(H2,12,13). The van der Waals surface area contributed by atoms with Gasteiger partial charge < -0.3 is 10.5 Å². The van der Waals surface area contributed by atoms with Gasteiger partial charge in [-0.3, -0.25) is 4.79 Å². The molecule has 0 heterocycles. The van der Waals surface area contributed by atoms with E-state index < -0.39 is 11.7 Å². The smallest absolute Gasteiger partial charge is 0.293 e. The van der Waals surface area contributed by atoms with Crippen LogP contribution >= 0.6 is 0 Å². The highest BCUT2D eigenvalue weighted by Crippen LogP contribution is 2.19. The third kappa shape index (κ3) is 2.23. The van der Waals surface area contributed by atoms with Crippen LogP contribution in [-0.2, 0) is 4.79 Å². The summed E-state index contributed by atoms with van der Waals surface area (Å²) in [4.78, 5) is 10.4. The highest BCUT2D eigenvalue weighted by Gasteiger charge is 2.05. The van der Waals surface area contributed by atoms with Crippen molar-refractivity contribution < 1.29 is 13.9 Å². The molecule has 1 aromatic rings. The number of carbonyl (C=O) groups excluding carboxylic acids is 1. The van der Waals surface area contributed by atoms with Crippen molar-refractivity contribution in [1.82, 2.24) is 0 Å². The van der Waals surface area contributed by atoms with Crippen LogP contribution in [-0.4, -0.2) is 13.0 Å². The SMILES string of the molecule is COc1cccc(F)c1C#CC(N)=O. The Morgan fingerprint density at radius 1 is 1.57 bits per heavy atom. The van der Waals surface area contributed by atoms with Gasteiger partial charge in [0.05, 0.1) is 7.11 Å². The number of benzene rings is 1. The minimum absolute atomic E-state index is 0.0359. The third-order valence-electron chi connectivity index (χ3n) is 1.51. The van der Waals surface area contributed by atoms with E-state index in [0.717, 1.165) is 0 Å². The molecule has 0 aromatic heterocycles. The molecule has 0 unspecified atom stereocenters. The topological polar surface area (TPSA) is 52.3 Å². The quantitative estimate of drug-likeness (QED) is 0.666. The van der Waals surface area contributed by atoms with Crippen LogP contribution in [0.2, 0.25) is 0 Å². The zero-order chi connectivity index (χ0) is 10.6. The Hall–Kier alpha value is -2.02. The van der Waals surface area contributed by atoms with Crippen molar-refractivity contribution in [3.8, 4) is 17.6 Å². The van der Waals surface area contributed by atoms with Gasteiger partial charge in [0.2, 0.25) is 0 Å². The van der Waals surface area contributed by atoms with Crippen LogP contribution in [0.15, 0.2) is 18.2 Å². The molecular weight excluding hydrogens is 185 g/mol. The van der Waals surface area contributed by atoms with Gasteiger partial charge in [-0.15, -0.1) is 0 Å². The lowest BCUT2D eigenvalue weighted by Crippen LogP contribution is -2.06. The number of primary amides is 1. The zero-order valence-corrected chi connectivity index (χ0v) is 7.50. The molecule has 3 nitrogen and oxygen atoms in total. The summed E-state index contributed by atoms with van der Waals surface area (Å²) in [5.41, 5.74) is 4.84. The van der Waals surface area contributed by atoms with E-state index in [1.54, 1.807) is 6.07 Å². The van der Waals surface area contributed by atoms with Crippen LogP contribution in [0, 0.1) is 17.7 Å². The molecule has 0 saturated carbocycles. The van der Waals surface area contributed by atoms with Crippen LogP contribution < -0.4 is 10.5 Å². The van der Waals surface area contributed by atoms with Crippen molar-refractivity contribution in [2.45, 2.75) is 0 Å². The maximum atomic E-state index is 13.2. The van der Waals surface area contributed by atoms with Crippen molar-refractivity contribution in [1.29, 1.82) is 0 Å². The summed E-state index contributed by atoms with van der Waals surface area (Å²) in [5, 5.41) is 0. The van der Waals surface area contributed by atoms with E-state index in [4.69, 9.17) is 10.5 Å². The average Bonchev–Trinajstić information content (AvgIpc) is 2.15. The lowest BCUT2D eigenvalue weighted by molar-refractivity contribution is -0.112. The molecular formula is C10H8FNO2. The molecule has 0 fully saturated rings. The molecule has 0 aliphatic carbocycles. The predicted molar refractivity (Wildman–Crippen MR) is 49.0 cm³/mol. The molecule has 0 radical (unpaired) electrons. The fraction of sp³-hybridized carbons (Fsp3) is 0.100. The van der Waals surface area contributed by atoms with Crippen molar-refractivity contribution in [2.24, 2.45) is 5.73 Å². The van der Waals surface area contributed by atoms with E-state index in [1.165, 1.54) is 19.2 Å². The van der Waals surface area contributed by atoms with Gasteiger partial charge in [0.1, 0.15) is 17.1 Å². The van der Waals surface area contributed by atoms with Gasteiger partial charge in [0.25, 0.3) is 5.91 Å². The van der Waals surface area contributed by atoms with Gasteiger partial charge >= 0.3 is 0 Å². The van der Waals surface area contributed by atoms with E-state index in [1.807, 2.05) is 5.92 Å². The summed E-state index contributed by atoms with van der Waals surface area (Å²) >= 11 is 0. The number of methoxy groups -OCH3 is 1. The van der Waals surface area contributed by atoms with Crippen molar-refractivity contribution in [3.63, 3.8) is 0 Å². The third-order valence-corrected chi connectivity index (χ3v) is 1.51. The predicted octanol–water partition coefficient (Wildman–Crippen LogP) is 0.671. The first-order valence-corrected chi connectivity index (χ1v) is 3.79. The summed E-state index contributed by atoms with van der Waals surface area (Å²) in [7, 11) is 1.39. The second-order valence-corrected chi connectivity index (χ2v) is 2.43.